The van der Waals surface area contributed by atoms with Gasteiger partial charge < -0.3 is 10.2 Å². The first-order valence-corrected chi connectivity index (χ1v) is 9.74. The number of amides is 2. The lowest BCUT2D eigenvalue weighted by atomic mass is 9.93. The van der Waals surface area contributed by atoms with Crippen LogP contribution >= 0.6 is 11.3 Å². The van der Waals surface area contributed by atoms with Gasteiger partial charge in [0.2, 0.25) is 11.8 Å². The van der Waals surface area contributed by atoms with Crippen molar-refractivity contribution in [3.8, 4) is 0 Å². The van der Waals surface area contributed by atoms with Gasteiger partial charge >= 0.3 is 0 Å². The second-order valence-electron chi connectivity index (χ2n) is 6.90. The summed E-state index contributed by atoms with van der Waals surface area (Å²) >= 11 is 1.65. The van der Waals surface area contributed by atoms with E-state index in [4.69, 9.17) is 0 Å². The third-order valence-corrected chi connectivity index (χ3v) is 5.64. The summed E-state index contributed by atoms with van der Waals surface area (Å²) in [7, 11) is 0. The van der Waals surface area contributed by atoms with Crippen LogP contribution in [0.1, 0.15) is 55.3 Å². The van der Waals surface area contributed by atoms with Crippen LogP contribution < -0.4 is 5.32 Å². The predicted molar refractivity (Wildman–Crippen MR) is 105 cm³/mol. The van der Waals surface area contributed by atoms with Gasteiger partial charge in [0.25, 0.3) is 0 Å². The van der Waals surface area contributed by atoms with Crippen molar-refractivity contribution in [1.82, 2.24) is 10.2 Å². The van der Waals surface area contributed by atoms with Gasteiger partial charge in [0.15, 0.2) is 0 Å². The topological polar surface area (TPSA) is 49.4 Å². The van der Waals surface area contributed by atoms with Crippen LogP contribution in [0.2, 0.25) is 0 Å². The molecule has 4 nitrogen and oxygen atoms in total. The molecule has 26 heavy (non-hydrogen) atoms. The Labute approximate surface area is 158 Å². The Kier molecular flexibility index (Phi) is 5.57. The molecule has 5 heteroatoms. The van der Waals surface area contributed by atoms with E-state index in [9.17, 15) is 9.59 Å². The number of nitrogens with zero attached hydrogens (tertiary/aromatic N) is 1. The summed E-state index contributed by atoms with van der Waals surface area (Å²) < 4.78 is 0. The van der Waals surface area contributed by atoms with Crippen LogP contribution in [0.25, 0.3) is 6.08 Å². The molecule has 2 amide bonds. The minimum Gasteiger partial charge on any atom is -0.348 e. The highest BCUT2D eigenvalue weighted by molar-refractivity contribution is 7.10. The Morgan fingerprint density at radius 3 is 2.62 bits per heavy atom. The normalized spacial score (nSPS) is 17.1. The minimum absolute atomic E-state index is 0.0114. The number of thiophene rings is 1. The average molecular weight is 369 g/mol. The van der Waals surface area contributed by atoms with E-state index in [0.717, 1.165) is 16.0 Å². The van der Waals surface area contributed by atoms with E-state index in [2.05, 4.69) is 25.2 Å². The first-order chi connectivity index (χ1) is 12.5. The molecule has 0 aliphatic carbocycles. The van der Waals surface area contributed by atoms with Gasteiger partial charge in [-0.25, -0.2) is 0 Å². The van der Waals surface area contributed by atoms with Gasteiger partial charge in [0, 0.05) is 18.0 Å². The van der Waals surface area contributed by atoms with Crippen molar-refractivity contribution in [3.05, 3.63) is 64.0 Å². The van der Waals surface area contributed by atoms with Crippen LogP contribution in [-0.2, 0) is 9.59 Å². The van der Waals surface area contributed by atoms with Gasteiger partial charge in [-0.05, 0) is 34.6 Å². The molecule has 1 N–H and O–H groups in total. The summed E-state index contributed by atoms with van der Waals surface area (Å²) in [6.45, 7) is 5.74. The molecule has 1 aliphatic heterocycles. The van der Waals surface area contributed by atoms with E-state index in [1.807, 2.05) is 41.8 Å². The van der Waals surface area contributed by atoms with Crippen LogP contribution in [-0.4, -0.2) is 16.7 Å². The number of nitrogens with one attached hydrogen (secondary N) is 1. The molecule has 0 radical (unpaired) electrons. The maximum atomic E-state index is 12.8. The highest BCUT2D eigenvalue weighted by Crippen LogP contribution is 2.33. The van der Waals surface area contributed by atoms with Crippen molar-refractivity contribution in [2.75, 3.05) is 0 Å². The molecule has 0 saturated carbocycles. The summed E-state index contributed by atoms with van der Waals surface area (Å²) in [4.78, 5) is 27.7. The number of carbonyl (C=O) groups excluding carboxylic acids is 2. The predicted octanol–water partition coefficient (Wildman–Crippen LogP) is 4.53. The first kappa shape index (κ1) is 18.4. The van der Waals surface area contributed by atoms with Crippen molar-refractivity contribution in [1.29, 1.82) is 0 Å². The van der Waals surface area contributed by atoms with Crippen LogP contribution in [0.15, 0.2) is 48.0 Å². The monoisotopic (exact) mass is 368 g/mol. The smallest absolute Gasteiger partial charge is 0.223 e. The highest BCUT2D eigenvalue weighted by atomic mass is 32.1. The van der Waals surface area contributed by atoms with Crippen LogP contribution in [0.5, 0.6) is 0 Å². The molecule has 2 aromatic rings. The summed E-state index contributed by atoms with van der Waals surface area (Å²) in [6.07, 6.45) is 3.95. The fraction of sp³-hybridized carbons (Fsp3) is 0.333. The lowest BCUT2D eigenvalue weighted by Crippen LogP contribution is -2.37. The third kappa shape index (κ3) is 3.88. The lowest BCUT2D eigenvalue weighted by molar-refractivity contribution is -0.130. The molecule has 1 aliphatic rings. The van der Waals surface area contributed by atoms with Crippen molar-refractivity contribution >= 4 is 29.2 Å². The van der Waals surface area contributed by atoms with Crippen molar-refractivity contribution in [2.45, 2.75) is 39.3 Å². The van der Waals surface area contributed by atoms with Gasteiger partial charge in [-0.3, -0.25) is 9.59 Å². The number of benzene rings is 1. The number of rotatable bonds is 5. The zero-order chi connectivity index (χ0) is 18.7. The minimum atomic E-state index is -0.273. The molecule has 1 aromatic heterocycles. The fourth-order valence-corrected chi connectivity index (χ4v) is 4.30. The molecule has 1 aromatic carbocycles. The number of carbonyl (C=O) groups is 2. The quantitative estimate of drug-likeness (QED) is 0.843. The van der Waals surface area contributed by atoms with Crippen LogP contribution in [0.4, 0.5) is 0 Å². The van der Waals surface area contributed by atoms with Gasteiger partial charge in [0.1, 0.15) is 0 Å². The van der Waals surface area contributed by atoms with Crippen LogP contribution in [0, 0.1) is 5.92 Å². The number of hydrogen-bond donors (Lipinski definition) is 1. The third-order valence-electron chi connectivity index (χ3n) is 4.68. The van der Waals surface area contributed by atoms with E-state index in [1.165, 1.54) is 6.92 Å². The van der Waals surface area contributed by atoms with Gasteiger partial charge in [-0.15, -0.1) is 11.3 Å². The molecule has 0 unspecified atom stereocenters. The molecule has 0 bridgehead atoms. The van der Waals surface area contributed by atoms with Crippen molar-refractivity contribution in [2.24, 2.45) is 5.92 Å². The van der Waals surface area contributed by atoms with Gasteiger partial charge in [-0.2, -0.15) is 0 Å². The van der Waals surface area contributed by atoms with E-state index in [0.29, 0.717) is 5.92 Å². The molecule has 0 fully saturated rings. The van der Waals surface area contributed by atoms with Gasteiger partial charge in [0.05, 0.1) is 18.5 Å². The van der Waals surface area contributed by atoms with Crippen molar-refractivity contribution in [3.63, 3.8) is 0 Å². The number of hydrogen-bond acceptors (Lipinski definition) is 3. The van der Waals surface area contributed by atoms with E-state index in [1.54, 1.807) is 22.4 Å². The van der Waals surface area contributed by atoms with E-state index < -0.39 is 0 Å². The Balaban J connectivity index is 1.80. The van der Waals surface area contributed by atoms with Crippen LogP contribution in [0.3, 0.4) is 0 Å². The zero-order valence-corrected chi connectivity index (χ0v) is 16.1. The Bertz CT molecular complexity index is 811. The zero-order valence-electron chi connectivity index (χ0n) is 15.3. The summed E-state index contributed by atoms with van der Waals surface area (Å²) in [6, 6.07) is 11.7. The standard InChI is InChI=1S/C21H24N2O2S/c1-14(2)21(19-9-6-12-26-19)22-20(25)13-18-17-8-5-4-7-16(17)10-11-23(18)15(3)24/h4-12,14,18,21H,13H2,1-3H3,(H,22,25)/t18-,21+/m0/s1. The molecular weight excluding hydrogens is 344 g/mol. The summed E-state index contributed by atoms with van der Waals surface area (Å²) in [5.41, 5.74) is 2.07. The average Bonchev–Trinajstić information content (AvgIpc) is 3.13. The Morgan fingerprint density at radius 1 is 1.19 bits per heavy atom. The SMILES string of the molecule is CC(=O)N1C=Cc2ccccc2[C@@H]1CC(=O)N[C@@H](c1cccs1)C(C)C. The molecule has 0 spiro atoms. The maximum Gasteiger partial charge on any atom is 0.223 e. The summed E-state index contributed by atoms with van der Waals surface area (Å²) in [5, 5.41) is 5.19. The molecule has 2 heterocycles. The van der Waals surface area contributed by atoms with Crippen molar-refractivity contribution < 1.29 is 9.59 Å². The largest absolute Gasteiger partial charge is 0.348 e. The molecule has 0 saturated heterocycles. The van der Waals surface area contributed by atoms with Gasteiger partial charge in [-0.1, -0.05) is 44.2 Å². The first-order valence-electron chi connectivity index (χ1n) is 8.86. The Hall–Kier alpha value is -2.40. The fourth-order valence-electron chi connectivity index (χ4n) is 3.36. The van der Waals surface area contributed by atoms with E-state index >= 15 is 0 Å². The maximum absolute atomic E-state index is 12.8. The molecular formula is C21H24N2O2S. The molecule has 2 atom stereocenters. The highest BCUT2D eigenvalue weighted by Gasteiger charge is 2.29. The summed E-state index contributed by atoms with van der Waals surface area (Å²) in [5.74, 6) is 0.186. The second-order valence-corrected chi connectivity index (χ2v) is 7.87. The lowest BCUT2D eigenvalue weighted by Gasteiger charge is -2.33. The second kappa shape index (κ2) is 7.87. The molecule has 136 valence electrons. The Morgan fingerprint density at radius 2 is 1.96 bits per heavy atom. The molecule has 3 rings (SSSR count). The number of fused-ring (bicyclic) bond motifs is 1. The van der Waals surface area contributed by atoms with E-state index in [-0.39, 0.29) is 30.3 Å².